The molecule has 0 N–H and O–H groups in total. The highest BCUT2D eigenvalue weighted by atomic mass is 16.2. The highest BCUT2D eigenvalue weighted by Crippen LogP contribution is 2.24. The minimum absolute atomic E-state index is 0.115. The van der Waals surface area contributed by atoms with Gasteiger partial charge in [-0.15, -0.1) is 0 Å². The van der Waals surface area contributed by atoms with Crippen molar-refractivity contribution in [3.63, 3.8) is 0 Å². The summed E-state index contributed by atoms with van der Waals surface area (Å²) in [5, 5.41) is 0. The monoisotopic (exact) mass is 366 g/mol. The van der Waals surface area contributed by atoms with Crippen LogP contribution in [0.3, 0.4) is 0 Å². The topological polar surface area (TPSA) is 39.7 Å². The van der Waals surface area contributed by atoms with Gasteiger partial charge in [0.2, 0.25) is 5.91 Å². The highest BCUT2D eigenvalue weighted by Gasteiger charge is 2.33. The average Bonchev–Trinajstić information content (AvgIpc) is 2.73. The average molecular weight is 367 g/mol. The molecule has 1 saturated heterocycles. The lowest BCUT2D eigenvalue weighted by atomic mass is 10.00. The largest absolute Gasteiger partial charge is 0.369 e. The van der Waals surface area contributed by atoms with Crippen molar-refractivity contribution in [1.82, 2.24) is 9.88 Å². The van der Waals surface area contributed by atoms with E-state index in [9.17, 15) is 4.79 Å². The number of pyridine rings is 1. The standard InChI is InChI=1S/C22H30N4O/c1-4-21(27)26(20-12-8-9-13-23-20)18-22(2,3)25-16-14-24(15-17-25)19-10-6-5-7-11-19/h5-13H,4,14-18H2,1-3H3. The molecule has 0 atom stereocenters. The maximum Gasteiger partial charge on any atom is 0.227 e. The molecule has 0 radical (unpaired) electrons. The van der Waals surface area contributed by atoms with Gasteiger partial charge in [0.05, 0.1) is 0 Å². The summed E-state index contributed by atoms with van der Waals surface area (Å²) >= 11 is 0. The normalized spacial score (nSPS) is 15.6. The number of aromatic nitrogens is 1. The minimum Gasteiger partial charge on any atom is -0.369 e. The van der Waals surface area contributed by atoms with Gasteiger partial charge in [-0.05, 0) is 38.1 Å². The minimum atomic E-state index is -0.120. The predicted octanol–water partition coefficient (Wildman–Crippen LogP) is 3.43. The number of nitrogens with zero attached hydrogens (tertiary/aromatic N) is 4. The van der Waals surface area contributed by atoms with Crippen molar-refractivity contribution in [2.24, 2.45) is 0 Å². The number of anilines is 2. The summed E-state index contributed by atoms with van der Waals surface area (Å²) in [7, 11) is 0. The number of amides is 1. The van der Waals surface area contributed by atoms with Crippen LogP contribution in [-0.2, 0) is 4.79 Å². The number of carbonyl (C=O) groups excluding carboxylic acids is 1. The number of piperazine rings is 1. The number of hydrogen-bond acceptors (Lipinski definition) is 4. The van der Waals surface area contributed by atoms with Gasteiger partial charge >= 0.3 is 0 Å². The van der Waals surface area contributed by atoms with Crippen LogP contribution in [0.4, 0.5) is 11.5 Å². The Bertz CT molecular complexity index is 724. The summed E-state index contributed by atoms with van der Waals surface area (Å²) in [6.07, 6.45) is 2.23. The molecule has 0 aliphatic carbocycles. The van der Waals surface area contributed by atoms with E-state index in [1.54, 1.807) is 6.20 Å². The van der Waals surface area contributed by atoms with E-state index in [-0.39, 0.29) is 11.4 Å². The van der Waals surface area contributed by atoms with E-state index in [1.165, 1.54) is 5.69 Å². The molecule has 5 heteroatoms. The van der Waals surface area contributed by atoms with Gasteiger partial charge in [-0.2, -0.15) is 0 Å². The zero-order valence-electron chi connectivity index (χ0n) is 16.6. The lowest BCUT2D eigenvalue weighted by Gasteiger charge is -2.46. The van der Waals surface area contributed by atoms with E-state index < -0.39 is 0 Å². The molecule has 1 aliphatic rings. The fraction of sp³-hybridized carbons (Fsp3) is 0.455. The van der Waals surface area contributed by atoms with Crippen molar-refractivity contribution in [2.75, 3.05) is 42.5 Å². The molecular weight excluding hydrogens is 336 g/mol. The van der Waals surface area contributed by atoms with E-state index in [1.807, 2.05) is 30.0 Å². The maximum atomic E-state index is 12.6. The van der Waals surface area contributed by atoms with Crippen molar-refractivity contribution >= 4 is 17.4 Å². The second-order valence-electron chi connectivity index (χ2n) is 7.64. The summed E-state index contributed by atoms with van der Waals surface area (Å²) in [6, 6.07) is 16.3. The van der Waals surface area contributed by atoms with Crippen molar-refractivity contribution < 1.29 is 4.79 Å². The number of carbonyl (C=O) groups is 1. The Labute approximate surface area is 162 Å². The molecule has 3 rings (SSSR count). The smallest absolute Gasteiger partial charge is 0.227 e. The van der Waals surface area contributed by atoms with Gasteiger partial charge in [0, 0.05) is 56.6 Å². The molecular formula is C22H30N4O. The van der Waals surface area contributed by atoms with E-state index in [2.05, 4.69) is 59.0 Å². The summed E-state index contributed by atoms with van der Waals surface area (Å²) in [5.74, 6) is 0.852. The Morgan fingerprint density at radius 3 is 2.30 bits per heavy atom. The van der Waals surface area contributed by atoms with Crippen LogP contribution in [0.2, 0.25) is 0 Å². The Hall–Kier alpha value is -2.40. The molecule has 2 aromatic rings. The molecule has 1 aromatic heterocycles. The van der Waals surface area contributed by atoms with Crippen LogP contribution in [-0.4, -0.2) is 54.1 Å². The van der Waals surface area contributed by atoms with Gasteiger partial charge in [-0.3, -0.25) is 14.6 Å². The quantitative estimate of drug-likeness (QED) is 0.785. The molecule has 2 heterocycles. The van der Waals surface area contributed by atoms with Crippen LogP contribution in [0.15, 0.2) is 54.7 Å². The molecule has 27 heavy (non-hydrogen) atoms. The van der Waals surface area contributed by atoms with E-state index >= 15 is 0 Å². The first-order valence-corrected chi connectivity index (χ1v) is 9.78. The predicted molar refractivity (Wildman–Crippen MR) is 111 cm³/mol. The number of hydrogen-bond donors (Lipinski definition) is 0. The summed E-state index contributed by atoms with van der Waals surface area (Å²) < 4.78 is 0. The summed E-state index contributed by atoms with van der Waals surface area (Å²) in [5.41, 5.74) is 1.16. The van der Waals surface area contributed by atoms with Gasteiger partial charge in [0.25, 0.3) is 0 Å². The number of rotatable bonds is 6. The van der Waals surface area contributed by atoms with Crippen LogP contribution in [0, 0.1) is 0 Å². The Morgan fingerprint density at radius 2 is 1.70 bits per heavy atom. The van der Waals surface area contributed by atoms with Crippen molar-refractivity contribution in [1.29, 1.82) is 0 Å². The van der Waals surface area contributed by atoms with Crippen LogP contribution in [0.5, 0.6) is 0 Å². The number of para-hydroxylation sites is 1. The molecule has 0 bridgehead atoms. The fourth-order valence-corrected chi connectivity index (χ4v) is 3.70. The zero-order chi connectivity index (χ0) is 19.3. The fourth-order valence-electron chi connectivity index (χ4n) is 3.70. The van der Waals surface area contributed by atoms with Gasteiger partial charge in [-0.25, -0.2) is 4.98 Å². The van der Waals surface area contributed by atoms with Crippen molar-refractivity contribution in [3.8, 4) is 0 Å². The lowest BCUT2D eigenvalue weighted by molar-refractivity contribution is -0.118. The Kier molecular flexibility index (Phi) is 6.11. The van der Waals surface area contributed by atoms with Crippen LogP contribution < -0.4 is 9.80 Å². The van der Waals surface area contributed by atoms with Crippen LogP contribution in [0.25, 0.3) is 0 Å². The van der Waals surface area contributed by atoms with Gasteiger partial charge in [0.1, 0.15) is 5.82 Å². The van der Waals surface area contributed by atoms with Crippen LogP contribution >= 0.6 is 0 Å². The molecule has 1 amide bonds. The summed E-state index contributed by atoms with van der Waals surface area (Å²) in [6.45, 7) is 11.0. The molecule has 1 aromatic carbocycles. The van der Waals surface area contributed by atoms with Crippen molar-refractivity contribution in [2.45, 2.75) is 32.7 Å². The molecule has 144 valence electrons. The second-order valence-corrected chi connectivity index (χ2v) is 7.64. The first kappa shape index (κ1) is 19.4. The Morgan fingerprint density at radius 1 is 1.04 bits per heavy atom. The molecule has 0 saturated carbocycles. The third-order valence-corrected chi connectivity index (χ3v) is 5.33. The first-order chi connectivity index (χ1) is 13.0. The third kappa shape index (κ3) is 4.66. The molecule has 1 aliphatic heterocycles. The first-order valence-electron chi connectivity index (χ1n) is 9.78. The maximum absolute atomic E-state index is 12.6. The molecule has 0 unspecified atom stereocenters. The van der Waals surface area contributed by atoms with Gasteiger partial charge < -0.3 is 4.90 Å². The zero-order valence-corrected chi connectivity index (χ0v) is 16.6. The molecule has 1 fully saturated rings. The third-order valence-electron chi connectivity index (χ3n) is 5.33. The van der Waals surface area contributed by atoms with Crippen LogP contribution in [0.1, 0.15) is 27.2 Å². The number of benzene rings is 1. The SMILES string of the molecule is CCC(=O)N(CC(C)(C)N1CCN(c2ccccc2)CC1)c1ccccn1. The highest BCUT2D eigenvalue weighted by molar-refractivity contribution is 5.92. The molecule has 5 nitrogen and oxygen atoms in total. The van der Waals surface area contributed by atoms with E-state index in [0.717, 1.165) is 32.0 Å². The van der Waals surface area contributed by atoms with E-state index in [0.29, 0.717) is 13.0 Å². The van der Waals surface area contributed by atoms with E-state index in [4.69, 9.17) is 0 Å². The molecule has 0 spiro atoms. The lowest BCUT2D eigenvalue weighted by Crippen LogP contribution is -2.59. The van der Waals surface area contributed by atoms with Gasteiger partial charge in [-0.1, -0.05) is 31.2 Å². The van der Waals surface area contributed by atoms with Gasteiger partial charge in [0.15, 0.2) is 0 Å². The second kappa shape index (κ2) is 8.53. The summed E-state index contributed by atoms with van der Waals surface area (Å²) in [4.78, 5) is 23.7. The Balaban J connectivity index is 1.67. The van der Waals surface area contributed by atoms with Crippen molar-refractivity contribution in [3.05, 3.63) is 54.7 Å².